The Hall–Kier alpha value is -3.66. The van der Waals surface area contributed by atoms with Crippen molar-refractivity contribution in [1.82, 2.24) is 0 Å². The van der Waals surface area contributed by atoms with E-state index in [1.807, 2.05) is 0 Å². The van der Waals surface area contributed by atoms with Crippen LogP contribution in [0.15, 0.2) is 74.8 Å². The summed E-state index contributed by atoms with van der Waals surface area (Å²) >= 11 is 0. The fourth-order valence-electron chi connectivity index (χ4n) is 5.35. The number of rotatable bonds is 8. The zero-order valence-electron chi connectivity index (χ0n) is 22.4. The summed E-state index contributed by atoms with van der Waals surface area (Å²) in [4.78, 5) is 0. The number of hydrogen-bond donors (Lipinski definition) is 0. The molecule has 10 heteroatoms. The smallest absolute Gasteiger partial charge is 0.206 e. The maximum atomic E-state index is 15.2. The van der Waals surface area contributed by atoms with Crippen LogP contribution in [0.3, 0.4) is 0 Å². The molecule has 208 valence electrons. The maximum Gasteiger partial charge on any atom is 1.00 e. The first-order valence-corrected chi connectivity index (χ1v) is 12.1. The number of halogens is 8. The molecular formula is C32H20BF8Na. The van der Waals surface area contributed by atoms with E-state index < -0.39 is 96.8 Å². The van der Waals surface area contributed by atoms with Gasteiger partial charge in [-0.2, -0.15) is 21.9 Å². The molecule has 4 rings (SSSR count). The first-order valence-electron chi connectivity index (χ1n) is 12.1. The fourth-order valence-corrected chi connectivity index (χ4v) is 5.35. The third kappa shape index (κ3) is 5.32. The molecule has 4 aromatic rings. The van der Waals surface area contributed by atoms with E-state index in [0.29, 0.717) is 0 Å². The van der Waals surface area contributed by atoms with E-state index in [2.05, 4.69) is 26.3 Å². The van der Waals surface area contributed by atoms with Crippen LogP contribution in [0.2, 0.25) is 0 Å². The second-order valence-corrected chi connectivity index (χ2v) is 9.28. The van der Waals surface area contributed by atoms with E-state index in [1.54, 1.807) is 0 Å². The Morgan fingerprint density at radius 3 is 0.619 bits per heavy atom. The molecule has 0 N–H and O–H groups in total. The molecule has 0 heterocycles. The summed E-state index contributed by atoms with van der Waals surface area (Å²) in [5, 5.41) is 0. The van der Waals surface area contributed by atoms with Crippen LogP contribution < -0.4 is 51.4 Å². The third-order valence-electron chi connectivity index (χ3n) is 7.22. The maximum absolute atomic E-state index is 15.2. The Morgan fingerprint density at radius 1 is 0.357 bits per heavy atom. The minimum atomic E-state index is -3.51. The van der Waals surface area contributed by atoms with Crippen molar-refractivity contribution in [3.63, 3.8) is 0 Å². The van der Waals surface area contributed by atoms with Crippen molar-refractivity contribution < 1.29 is 64.7 Å². The molecule has 0 aromatic heterocycles. The van der Waals surface area contributed by atoms with E-state index in [1.165, 1.54) is 0 Å². The summed E-state index contributed by atoms with van der Waals surface area (Å²) in [5.41, 5.74) is -4.05. The van der Waals surface area contributed by atoms with Gasteiger partial charge in [-0.1, -0.05) is 99.2 Å². The fraction of sp³-hybridized carbons (Fsp3) is 0. The Balaban J connectivity index is 0.00000484. The molecule has 0 saturated heterocycles. The monoisotopic (exact) mass is 590 g/mol. The minimum absolute atomic E-state index is 0. The van der Waals surface area contributed by atoms with Crippen molar-refractivity contribution in [1.29, 1.82) is 0 Å². The largest absolute Gasteiger partial charge is 1.00 e. The summed E-state index contributed by atoms with van der Waals surface area (Å²) in [6, 6.07) is 6.05. The summed E-state index contributed by atoms with van der Waals surface area (Å²) in [5.74, 6) is -9.58. The van der Waals surface area contributed by atoms with Gasteiger partial charge in [-0.05, 0) is 0 Å². The third-order valence-corrected chi connectivity index (χ3v) is 7.22. The molecule has 0 amide bonds. The second kappa shape index (κ2) is 12.7. The molecule has 0 fully saturated rings. The van der Waals surface area contributed by atoms with Crippen LogP contribution in [-0.2, 0) is 0 Å². The van der Waals surface area contributed by atoms with Crippen molar-refractivity contribution in [2.24, 2.45) is 0 Å². The Labute approximate surface area is 259 Å². The summed E-state index contributed by atoms with van der Waals surface area (Å²) in [6.07, 6.45) is -0.0188. The number of hydrogen-bond acceptors (Lipinski definition) is 0. The Kier molecular flexibility index (Phi) is 9.93. The van der Waals surface area contributed by atoms with E-state index >= 15 is 35.1 Å². The first kappa shape index (κ1) is 32.9. The SMILES string of the molecule is C=Cc1c(F)cc([B-](c2cc(F)c(C=C)c(F)c2)(c2cc(F)c(C=C)c(F)c2)c2cc(F)c(C=C)c(F)c2)cc1F.[Na+]. The van der Waals surface area contributed by atoms with Gasteiger partial charge in [0.1, 0.15) is 52.7 Å². The van der Waals surface area contributed by atoms with Gasteiger partial charge >= 0.3 is 29.6 Å². The quantitative estimate of drug-likeness (QED) is 0.217. The van der Waals surface area contributed by atoms with Gasteiger partial charge in [-0.3, -0.25) is 0 Å². The van der Waals surface area contributed by atoms with Gasteiger partial charge in [0.2, 0.25) is 0 Å². The molecule has 42 heavy (non-hydrogen) atoms. The summed E-state index contributed by atoms with van der Waals surface area (Å²) in [6.45, 7) is 13.4. The van der Waals surface area contributed by atoms with Crippen LogP contribution in [0.4, 0.5) is 35.1 Å². The average molecular weight is 590 g/mol. The predicted octanol–water partition coefficient (Wildman–Crippen LogP) is 3.75. The van der Waals surface area contributed by atoms with Crippen molar-refractivity contribution in [3.8, 4) is 0 Å². The van der Waals surface area contributed by atoms with E-state index in [0.717, 1.165) is 72.8 Å². The number of benzene rings is 4. The van der Waals surface area contributed by atoms with Gasteiger partial charge in [0.25, 0.3) is 0 Å². The summed E-state index contributed by atoms with van der Waals surface area (Å²) in [7, 11) is 0. The molecule has 0 radical (unpaired) electrons. The molecule has 0 unspecified atom stereocenters. The van der Waals surface area contributed by atoms with Crippen molar-refractivity contribution >= 4 is 52.3 Å². The van der Waals surface area contributed by atoms with Crippen molar-refractivity contribution in [2.75, 3.05) is 0 Å². The van der Waals surface area contributed by atoms with Gasteiger partial charge in [-0.25, -0.2) is 35.1 Å². The molecule has 0 nitrogen and oxygen atoms in total. The molecule has 0 aliphatic heterocycles. The van der Waals surface area contributed by atoms with Crippen LogP contribution in [-0.4, -0.2) is 6.15 Å². The zero-order chi connectivity index (χ0) is 30.2. The predicted molar refractivity (Wildman–Crippen MR) is 150 cm³/mol. The summed E-state index contributed by atoms with van der Waals surface area (Å²) < 4.78 is 122. The molecular weight excluding hydrogens is 570 g/mol. The Morgan fingerprint density at radius 2 is 0.500 bits per heavy atom. The van der Waals surface area contributed by atoms with Gasteiger partial charge in [0, 0.05) is 22.3 Å². The molecule has 0 aliphatic rings. The zero-order valence-corrected chi connectivity index (χ0v) is 24.4. The molecule has 4 aromatic carbocycles. The van der Waals surface area contributed by atoms with Crippen molar-refractivity contribution in [2.45, 2.75) is 0 Å². The van der Waals surface area contributed by atoms with Crippen LogP contribution in [0.1, 0.15) is 22.3 Å². The van der Waals surface area contributed by atoms with E-state index in [4.69, 9.17) is 0 Å². The van der Waals surface area contributed by atoms with Crippen LogP contribution in [0.5, 0.6) is 0 Å². The van der Waals surface area contributed by atoms with Crippen LogP contribution >= 0.6 is 0 Å². The molecule has 0 spiro atoms. The minimum Gasteiger partial charge on any atom is -0.206 e. The molecule has 0 saturated carbocycles. The standard InChI is InChI=1S/C32H20BF8.Na/c1-5-21-25(34)9-17(10-26(21)35)33(18-11-27(36)22(6-2)28(37)12-18,19-13-29(38)23(7-3)30(39)14-19)20-15-31(40)24(8-4)32(41)16-20;/h5-16H,1-4H2;/q-1;+1. The van der Waals surface area contributed by atoms with Crippen LogP contribution in [0, 0.1) is 46.5 Å². The molecule has 0 aliphatic carbocycles. The van der Waals surface area contributed by atoms with E-state index in [9.17, 15) is 0 Å². The Bertz CT molecular complexity index is 1410. The van der Waals surface area contributed by atoms with Gasteiger partial charge < -0.3 is 0 Å². The van der Waals surface area contributed by atoms with Gasteiger partial charge in [-0.15, -0.1) is 0 Å². The van der Waals surface area contributed by atoms with Gasteiger partial charge in [0.15, 0.2) is 0 Å². The molecule has 0 atom stereocenters. The topological polar surface area (TPSA) is 0 Å². The van der Waals surface area contributed by atoms with E-state index in [-0.39, 0.29) is 29.6 Å². The van der Waals surface area contributed by atoms with Gasteiger partial charge in [0.05, 0.1) is 0 Å². The van der Waals surface area contributed by atoms with Crippen LogP contribution in [0.25, 0.3) is 24.3 Å². The van der Waals surface area contributed by atoms with Crippen molar-refractivity contribution in [3.05, 3.63) is 144 Å². The average Bonchev–Trinajstić information content (AvgIpc) is 2.89. The normalized spacial score (nSPS) is 11.0. The molecule has 0 bridgehead atoms. The second-order valence-electron chi connectivity index (χ2n) is 9.28. The first-order chi connectivity index (χ1) is 19.4.